The summed E-state index contributed by atoms with van der Waals surface area (Å²) < 4.78 is 0.936. The van der Waals surface area contributed by atoms with Gasteiger partial charge < -0.3 is 4.90 Å². The van der Waals surface area contributed by atoms with E-state index >= 15 is 0 Å². The van der Waals surface area contributed by atoms with Gasteiger partial charge in [0.1, 0.15) is 6.54 Å². The highest BCUT2D eigenvalue weighted by molar-refractivity contribution is 9.10. The molecule has 0 bridgehead atoms. The molecule has 0 aromatic heterocycles. The highest BCUT2D eigenvalue weighted by Gasteiger charge is 2.30. The van der Waals surface area contributed by atoms with Crippen LogP contribution in [0.2, 0.25) is 0 Å². The Kier molecular flexibility index (Phi) is 5.07. The minimum atomic E-state index is -0.358. The van der Waals surface area contributed by atoms with Crippen molar-refractivity contribution >= 4 is 56.1 Å². The third kappa shape index (κ3) is 3.61. The van der Waals surface area contributed by atoms with E-state index in [0.29, 0.717) is 5.56 Å². The van der Waals surface area contributed by atoms with Gasteiger partial charge in [-0.05, 0) is 51.1 Å². The van der Waals surface area contributed by atoms with E-state index in [1.165, 1.54) is 4.90 Å². The number of benzene rings is 3. The van der Waals surface area contributed by atoms with E-state index in [4.69, 9.17) is 0 Å². The molecule has 0 unspecified atom stereocenters. The second-order valence-corrected chi connectivity index (χ2v) is 7.82. The first-order valence-corrected chi connectivity index (χ1v) is 9.87. The van der Waals surface area contributed by atoms with Gasteiger partial charge >= 0.3 is 0 Å². The third-order valence-corrected chi connectivity index (χ3v) is 5.44. The number of nitrogens with zero attached hydrogens (tertiary/aromatic N) is 3. The van der Waals surface area contributed by atoms with E-state index in [-0.39, 0.29) is 18.4 Å². The lowest BCUT2D eigenvalue weighted by molar-refractivity contribution is -0.119. The first-order chi connectivity index (χ1) is 14.0. The molecule has 3 aromatic carbocycles. The second kappa shape index (κ2) is 7.67. The van der Waals surface area contributed by atoms with E-state index in [1.54, 1.807) is 12.3 Å². The van der Waals surface area contributed by atoms with Crippen LogP contribution >= 0.6 is 15.9 Å². The van der Waals surface area contributed by atoms with Crippen LogP contribution in [0.4, 0.5) is 11.4 Å². The maximum Gasteiger partial charge on any atom is 0.260 e. The lowest BCUT2D eigenvalue weighted by atomic mass is 10.1. The van der Waals surface area contributed by atoms with Gasteiger partial charge in [-0.2, -0.15) is 5.10 Å². The molecule has 1 N–H and O–H groups in total. The Morgan fingerprint density at radius 3 is 2.66 bits per heavy atom. The van der Waals surface area contributed by atoms with Gasteiger partial charge in [-0.3, -0.25) is 14.5 Å². The summed E-state index contributed by atoms with van der Waals surface area (Å²) in [5.74, 6) is -0.525. The highest BCUT2D eigenvalue weighted by atomic mass is 79.9. The molecule has 2 amide bonds. The van der Waals surface area contributed by atoms with Crippen molar-refractivity contribution in [3.05, 3.63) is 70.2 Å². The Labute approximate surface area is 176 Å². The van der Waals surface area contributed by atoms with Crippen molar-refractivity contribution in [2.75, 3.05) is 30.4 Å². The predicted octanol–water partition coefficient (Wildman–Crippen LogP) is 3.78. The summed E-state index contributed by atoms with van der Waals surface area (Å²) in [5.41, 5.74) is 5.78. The van der Waals surface area contributed by atoms with E-state index in [9.17, 15) is 9.59 Å². The standard InChI is InChI=1S/C22H19BrN4O2/c1-26(2)18-10-9-14(11-17(18)23)12-24-25-20(28)13-27-19-8-4-6-15-5-3-7-16(21(15)19)22(27)29/h3-12H,13H2,1-2H3,(H,25,28)/b24-12+. The van der Waals surface area contributed by atoms with Crippen molar-refractivity contribution in [3.63, 3.8) is 0 Å². The minimum absolute atomic E-state index is 0.0901. The first kappa shape index (κ1) is 19.1. The molecule has 7 heteroatoms. The molecule has 29 heavy (non-hydrogen) atoms. The Morgan fingerprint density at radius 2 is 1.93 bits per heavy atom. The Morgan fingerprint density at radius 1 is 1.17 bits per heavy atom. The SMILES string of the molecule is CN(C)c1ccc(/C=N/NC(=O)CN2C(=O)c3cccc4cccc2c34)cc1Br. The minimum Gasteiger partial charge on any atom is -0.377 e. The van der Waals surface area contributed by atoms with Crippen LogP contribution in [0.3, 0.4) is 0 Å². The quantitative estimate of drug-likeness (QED) is 0.475. The summed E-state index contributed by atoms with van der Waals surface area (Å²) in [6, 6.07) is 17.1. The number of rotatable bonds is 5. The fourth-order valence-electron chi connectivity index (χ4n) is 3.46. The maximum atomic E-state index is 12.7. The molecule has 0 saturated heterocycles. The van der Waals surface area contributed by atoms with Crippen LogP contribution in [0.15, 0.2) is 64.2 Å². The fraction of sp³-hybridized carbons (Fsp3) is 0.136. The zero-order chi connectivity index (χ0) is 20.5. The van der Waals surface area contributed by atoms with Crippen molar-refractivity contribution in [1.82, 2.24) is 5.43 Å². The number of hydrazone groups is 1. The summed E-state index contributed by atoms with van der Waals surface area (Å²) in [4.78, 5) is 28.6. The summed E-state index contributed by atoms with van der Waals surface area (Å²) in [5, 5.41) is 5.90. The van der Waals surface area contributed by atoms with Gasteiger partial charge in [0, 0.05) is 29.5 Å². The van der Waals surface area contributed by atoms with E-state index in [1.807, 2.05) is 67.5 Å². The van der Waals surface area contributed by atoms with Gasteiger partial charge in [0.2, 0.25) is 0 Å². The molecular weight excluding hydrogens is 432 g/mol. The Balaban J connectivity index is 1.45. The lowest BCUT2D eigenvalue weighted by Crippen LogP contribution is -2.37. The molecule has 6 nitrogen and oxygen atoms in total. The predicted molar refractivity (Wildman–Crippen MR) is 120 cm³/mol. The largest absolute Gasteiger partial charge is 0.377 e. The molecule has 0 aliphatic carbocycles. The van der Waals surface area contributed by atoms with Gasteiger partial charge in [-0.25, -0.2) is 5.43 Å². The van der Waals surface area contributed by atoms with Crippen molar-refractivity contribution in [3.8, 4) is 0 Å². The molecule has 4 rings (SSSR count). The van der Waals surface area contributed by atoms with Crippen LogP contribution in [0.5, 0.6) is 0 Å². The number of amides is 2. The van der Waals surface area contributed by atoms with Crippen molar-refractivity contribution in [2.24, 2.45) is 5.10 Å². The molecular formula is C22H19BrN4O2. The maximum absolute atomic E-state index is 12.7. The Hall–Kier alpha value is -3.19. The number of anilines is 2. The average molecular weight is 451 g/mol. The third-order valence-electron chi connectivity index (χ3n) is 4.81. The first-order valence-electron chi connectivity index (χ1n) is 9.08. The summed E-state index contributed by atoms with van der Waals surface area (Å²) in [7, 11) is 3.93. The molecule has 146 valence electrons. The Bertz CT molecular complexity index is 1150. The van der Waals surface area contributed by atoms with Crippen LogP contribution < -0.4 is 15.2 Å². The average Bonchev–Trinajstić information content (AvgIpc) is 2.96. The van der Waals surface area contributed by atoms with E-state index in [0.717, 1.165) is 32.2 Å². The number of halogens is 1. The monoisotopic (exact) mass is 450 g/mol. The molecule has 3 aromatic rings. The van der Waals surface area contributed by atoms with Gasteiger partial charge in [-0.15, -0.1) is 0 Å². The number of hydrogen-bond donors (Lipinski definition) is 1. The second-order valence-electron chi connectivity index (χ2n) is 6.97. The molecule has 0 fully saturated rings. The molecule has 0 spiro atoms. The van der Waals surface area contributed by atoms with Gasteiger partial charge in [0.15, 0.2) is 0 Å². The number of carbonyl (C=O) groups is 2. The number of carbonyl (C=O) groups excluding carboxylic acids is 2. The highest BCUT2D eigenvalue weighted by Crippen LogP contribution is 2.36. The molecule has 1 heterocycles. The van der Waals surface area contributed by atoms with Gasteiger partial charge in [0.25, 0.3) is 11.8 Å². The van der Waals surface area contributed by atoms with E-state index in [2.05, 4.69) is 26.5 Å². The fourth-order valence-corrected chi connectivity index (χ4v) is 4.21. The lowest BCUT2D eigenvalue weighted by Gasteiger charge is -2.16. The summed E-state index contributed by atoms with van der Waals surface area (Å²) in [6.45, 7) is -0.0901. The van der Waals surface area contributed by atoms with Gasteiger partial charge in [-0.1, -0.05) is 30.3 Å². The summed E-state index contributed by atoms with van der Waals surface area (Å²) >= 11 is 3.53. The smallest absolute Gasteiger partial charge is 0.260 e. The van der Waals surface area contributed by atoms with Crippen LogP contribution in [-0.4, -0.2) is 38.7 Å². The summed E-state index contributed by atoms with van der Waals surface area (Å²) in [6.07, 6.45) is 1.57. The van der Waals surface area contributed by atoms with Crippen LogP contribution in [0.25, 0.3) is 10.8 Å². The molecule has 1 aliphatic heterocycles. The number of hydrogen-bond acceptors (Lipinski definition) is 4. The topological polar surface area (TPSA) is 65.0 Å². The van der Waals surface area contributed by atoms with Crippen LogP contribution in [0.1, 0.15) is 15.9 Å². The number of nitrogens with one attached hydrogen (secondary N) is 1. The molecule has 1 aliphatic rings. The van der Waals surface area contributed by atoms with Crippen molar-refractivity contribution in [2.45, 2.75) is 0 Å². The normalized spacial score (nSPS) is 12.8. The zero-order valence-corrected chi connectivity index (χ0v) is 17.6. The van der Waals surface area contributed by atoms with Crippen molar-refractivity contribution in [1.29, 1.82) is 0 Å². The van der Waals surface area contributed by atoms with Gasteiger partial charge in [0.05, 0.1) is 17.6 Å². The van der Waals surface area contributed by atoms with Crippen LogP contribution in [0, 0.1) is 0 Å². The van der Waals surface area contributed by atoms with E-state index < -0.39 is 0 Å². The molecule has 0 saturated carbocycles. The van der Waals surface area contributed by atoms with Crippen LogP contribution in [-0.2, 0) is 4.79 Å². The van der Waals surface area contributed by atoms with Crippen molar-refractivity contribution < 1.29 is 9.59 Å². The zero-order valence-electron chi connectivity index (χ0n) is 16.0. The molecule has 0 radical (unpaired) electrons. The molecule has 0 atom stereocenters.